The molecule has 1 aromatic rings. The summed E-state index contributed by atoms with van der Waals surface area (Å²) < 4.78 is 35.2. The van der Waals surface area contributed by atoms with E-state index in [1.54, 1.807) is 37.3 Å². The van der Waals surface area contributed by atoms with Crippen LogP contribution in [0.3, 0.4) is 0 Å². The number of hydrogen-bond donors (Lipinski definition) is 1. The molecule has 0 aromatic heterocycles. The van der Waals surface area contributed by atoms with E-state index in [1.807, 2.05) is 20.8 Å². The Balaban J connectivity index is 2.29. The Morgan fingerprint density at radius 3 is 1.67 bits per heavy atom. The average molecular weight is 887 g/mol. The Kier molecular flexibility index (Phi) is 15.8. The van der Waals surface area contributed by atoms with Crippen LogP contribution in [0.2, 0.25) is 54.4 Å². The predicted octanol–water partition coefficient (Wildman–Crippen LogP) is 10.4. The maximum Gasteiger partial charge on any atom is 0.338 e. The van der Waals surface area contributed by atoms with Gasteiger partial charge in [-0.2, -0.15) is 0 Å². The zero-order chi connectivity index (χ0) is 45.3. The largest absolute Gasteiger partial charge is 0.455 e. The van der Waals surface area contributed by atoms with Crippen LogP contribution >= 0.6 is 0 Å². The average Bonchev–Trinajstić information content (AvgIpc) is 3.23. The molecule has 0 radical (unpaired) electrons. The Hall–Kier alpha value is -2.27. The highest BCUT2D eigenvalue weighted by molar-refractivity contribution is 6.74. The van der Waals surface area contributed by atoms with Crippen molar-refractivity contribution in [3.8, 4) is 0 Å². The highest BCUT2D eigenvalue weighted by Crippen LogP contribution is 2.63. The number of hydrogen-bond acceptors (Lipinski definition) is 10. The normalized spacial score (nSPS) is 31.0. The quantitative estimate of drug-likeness (QED) is 0.0862. The van der Waals surface area contributed by atoms with Crippen molar-refractivity contribution in [2.45, 2.75) is 207 Å². The van der Waals surface area contributed by atoms with E-state index in [1.165, 1.54) is 13.8 Å². The summed E-state index contributed by atoms with van der Waals surface area (Å²) in [5.41, 5.74) is -5.22. The summed E-state index contributed by atoms with van der Waals surface area (Å²) in [5.74, 6) is -3.60. The fourth-order valence-electron chi connectivity index (χ4n) is 11.3. The molecule has 1 N–H and O–H groups in total. The molecule has 338 valence electrons. The van der Waals surface area contributed by atoms with Gasteiger partial charge in [-0.1, -0.05) is 94.4 Å². The molecule has 2 saturated carbocycles. The SMILES string of the molecule is CC[Si](CC)(CC)O[C@H]1C(=O)[C@]2(C)[C@@H](O[Si](CC)(CC)CC)CC(=O)[C@](C)(OC(C)=O)[C@H]2[C@H](OC(=O)c2ccccc2)[C@]2(O)C[C@H](O[Si](CC)(CC)CC)C(C)=C1C2(C)C. The summed E-state index contributed by atoms with van der Waals surface area (Å²) in [5, 5.41) is 14.2. The number of Topliss-reactive ketones (excluding diaryl/α,β-unsaturated/α-hetero) is 2. The van der Waals surface area contributed by atoms with Crippen molar-refractivity contribution >= 4 is 48.5 Å². The minimum atomic E-state index is -2.63. The highest BCUT2D eigenvalue weighted by atomic mass is 28.4. The van der Waals surface area contributed by atoms with Gasteiger partial charge in [0.05, 0.1) is 29.1 Å². The first-order valence-corrected chi connectivity index (χ1v) is 30.6. The lowest BCUT2D eigenvalue weighted by molar-refractivity contribution is -0.249. The van der Waals surface area contributed by atoms with Crippen LogP contribution in [-0.2, 0) is 37.1 Å². The van der Waals surface area contributed by atoms with Gasteiger partial charge in [-0.3, -0.25) is 14.4 Å². The zero-order valence-electron chi connectivity index (χ0n) is 39.7. The molecule has 10 nitrogen and oxygen atoms in total. The second-order valence-corrected chi connectivity index (χ2v) is 33.1. The first-order chi connectivity index (χ1) is 28.0. The molecule has 0 aliphatic heterocycles. The molecule has 3 aliphatic carbocycles. The molecule has 60 heavy (non-hydrogen) atoms. The van der Waals surface area contributed by atoms with E-state index < -0.39 is 95.0 Å². The summed E-state index contributed by atoms with van der Waals surface area (Å²) >= 11 is 0. The minimum Gasteiger partial charge on any atom is -0.455 e. The zero-order valence-corrected chi connectivity index (χ0v) is 42.7. The van der Waals surface area contributed by atoms with Gasteiger partial charge in [0.1, 0.15) is 17.8 Å². The van der Waals surface area contributed by atoms with E-state index in [0.29, 0.717) is 5.57 Å². The maximum atomic E-state index is 16.7. The van der Waals surface area contributed by atoms with Crippen LogP contribution in [0.25, 0.3) is 0 Å². The van der Waals surface area contributed by atoms with Gasteiger partial charge >= 0.3 is 11.9 Å². The molecule has 1 aromatic carbocycles. The molecule has 0 unspecified atom stereocenters. The maximum absolute atomic E-state index is 16.7. The first kappa shape index (κ1) is 50.4. The van der Waals surface area contributed by atoms with E-state index >= 15 is 9.59 Å². The molecule has 0 heterocycles. The van der Waals surface area contributed by atoms with Crippen LogP contribution in [0.4, 0.5) is 0 Å². The number of carbonyl (C=O) groups excluding carboxylic acids is 4. The summed E-state index contributed by atoms with van der Waals surface area (Å²) in [6, 6.07) is 15.6. The molecular formula is C47H78O10Si3. The number of fused-ring (bicyclic) bond motifs is 3. The van der Waals surface area contributed by atoms with E-state index in [4.69, 9.17) is 22.8 Å². The lowest BCUT2D eigenvalue weighted by Gasteiger charge is -2.64. The molecule has 0 saturated heterocycles. The number of ether oxygens (including phenoxy) is 2. The van der Waals surface area contributed by atoms with Gasteiger partial charge in [-0.25, -0.2) is 4.79 Å². The second kappa shape index (κ2) is 18.8. The molecule has 2 fully saturated rings. The Morgan fingerprint density at radius 1 is 0.733 bits per heavy atom. The fraction of sp³-hybridized carbons (Fsp3) is 0.745. The third-order valence-corrected chi connectivity index (χ3v) is 30.3. The van der Waals surface area contributed by atoms with Crippen molar-refractivity contribution in [3.05, 3.63) is 47.0 Å². The van der Waals surface area contributed by atoms with E-state index in [-0.39, 0.29) is 24.2 Å². The van der Waals surface area contributed by atoms with Crippen molar-refractivity contribution in [3.63, 3.8) is 0 Å². The fourth-order valence-corrected chi connectivity index (χ4v) is 19.9. The van der Waals surface area contributed by atoms with Gasteiger partial charge in [0.15, 0.2) is 42.1 Å². The van der Waals surface area contributed by atoms with E-state index in [9.17, 15) is 14.7 Å². The Labute approximate surface area is 364 Å². The summed E-state index contributed by atoms with van der Waals surface area (Å²) in [6.45, 7) is 29.6. The third kappa shape index (κ3) is 8.43. The van der Waals surface area contributed by atoms with Crippen LogP contribution in [0.1, 0.15) is 127 Å². The molecule has 0 spiro atoms. The monoisotopic (exact) mass is 886 g/mol. The van der Waals surface area contributed by atoms with Crippen LogP contribution in [0, 0.1) is 16.7 Å². The van der Waals surface area contributed by atoms with Gasteiger partial charge in [0.2, 0.25) is 0 Å². The van der Waals surface area contributed by atoms with E-state index in [2.05, 4.69) is 62.3 Å². The van der Waals surface area contributed by atoms with Crippen molar-refractivity contribution < 1.29 is 47.0 Å². The van der Waals surface area contributed by atoms with Crippen LogP contribution in [0.5, 0.6) is 0 Å². The lowest BCUT2D eigenvalue weighted by atomic mass is 9.45. The number of benzene rings is 1. The molecular weight excluding hydrogens is 809 g/mol. The standard InChI is InChI=1S/C47H78O10Si3/c1-16-58(17-2,18-3)55-35-31-47(52)42(53-43(51)34-28-26-25-27-29-34)40-45(14,37(56-59(19-4,20-5)21-6)30-36(49)46(40,15)54-33(11)48)41(50)39(38(32(35)10)44(47,12)13)57-60(22-7,23-8)24-9/h25-29,35,37,39-40,42,52H,16-24,30-31H2,1-15H3/t35-,37-,39+,40-,42-,45+,46-,47+/m0/s1. The van der Waals surface area contributed by atoms with Crippen molar-refractivity contribution in [2.75, 3.05) is 0 Å². The number of carbonyl (C=O) groups is 4. The van der Waals surface area contributed by atoms with Crippen molar-refractivity contribution in [2.24, 2.45) is 16.7 Å². The topological polar surface area (TPSA) is 135 Å². The Morgan fingerprint density at radius 2 is 1.20 bits per heavy atom. The van der Waals surface area contributed by atoms with Crippen LogP contribution in [-0.4, -0.2) is 89.2 Å². The molecule has 8 atom stereocenters. The van der Waals surface area contributed by atoms with Crippen molar-refractivity contribution in [1.82, 2.24) is 0 Å². The van der Waals surface area contributed by atoms with Crippen LogP contribution < -0.4 is 0 Å². The molecule has 4 rings (SSSR count). The minimum absolute atomic E-state index is 0.00957. The van der Waals surface area contributed by atoms with Gasteiger partial charge in [0, 0.05) is 25.2 Å². The van der Waals surface area contributed by atoms with Gasteiger partial charge in [0.25, 0.3) is 0 Å². The lowest BCUT2D eigenvalue weighted by Crippen LogP contribution is -2.77. The highest BCUT2D eigenvalue weighted by Gasteiger charge is 2.75. The first-order valence-electron chi connectivity index (χ1n) is 23.0. The summed E-state index contributed by atoms with van der Waals surface area (Å²) in [4.78, 5) is 59.8. The number of ketones is 2. The summed E-state index contributed by atoms with van der Waals surface area (Å²) in [7, 11) is -7.59. The third-order valence-electron chi connectivity index (χ3n) is 16.3. The number of aliphatic hydroxyl groups is 1. The van der Waals surface area contributed by atoms with Gasteiger partial charge < -0.3 is 27.9 Å². The van der Waals surface area contributed by atoms with Crippen LogP contribution in [0.15, 0.2) is 41.5 Å². The number of rotatable bonds is 18. The Bertz CT molecular complexity index is 1730. The number of esters is 2. The van der Waals surface area contributed by atoms with Gasteiger partial charge in [-0.15, -0.1) is 0 Å². The molecule has 0 amide bonds. The smallest absolute Gasteiger partial charge is 0.338 e. The summed E-state index contributed by atoms with van der Waals surface area (Å²) in [6.07, 6.45) is -4.54. The molecule has 2 bridgehead atoms. The van der Waals surface area contributed by atoms with Gasteiger partial charge in [-0.05, 0) is 98.4 Å². The second-order valence-electron chi connectivity index (χ2n) is 18.9. The molecule has 13 heteroatoms. The molecule has 3 aliphatic rings. The van der Waals surface area contributed by atoms with Crippen molar-refractivity contribution in [1.29, 1.82) is 0 Å². The predicted molar refractivity (Wildman–Crippen MR) is 244 cm³/mol. The van der Waals surface area contributed by atoms with E-state index in [0.717, 1.165) is 60.0 Å².